The number of nitrogens with zero attached hydrogens (tertiary/aromatic N) is 1. The van der Waals surface area contributed by atoms with Crippen molar-refractivity contribution in [3.63, 3.8) is 0 Å². The first-order valence-corrected chi connectivity index (χ1v) is 8.03. The first-order chi connectivity index (χ1) is 9.65. The number of carbonyl (C=O) groups is 2. The van der Waals surface area contributed by atoms with Crippen molar-refractivity contribution < 1.29 is 14.3 Å². The molecular formula is C16H29NO3. The van der Waals surface area contributed by atoms with Crippen LogP contribution in [0.4, 0.5) is 4.79 Å². The number of Topliss-reactive ketones (excluding diaryl/α,β-unsaturated/α-hetero) is 1. The van der Waals surface area contributed by atoms with Crippen molar-refractivity contribution in [2.24, 2.45) is 5.92 Å². The predicted octanol–water partition coefficient (Wildman–Crippen LogP) is 3.78. The van der Waals surface area contributed by atoms with Crippen LogP contribution in [0.15, 0.2) is 0 Å². The van der Waals surface area contributed by atoms with E-state index in [0.717, 1.165) is 32.1 Å². The standard InChI is InChI=1S/C16H29NO3/c1-4-6-7-8-10-13(9-5-2)15(18)14-11-12-17(14)16(19)20-3/h13-14H,4-12H2,1-3H3/t13?,14-/m0/s1. The first kappa shape index (κ1) is 17.0. The average molecular weight is 283 g/mol. The molecule has 1 fully saturated rings. The molecule has 0 saturated carbocycles. The molecule has 0 spiro atoms. The molecule has 1 unspecified atom stereocenters. The number of carbonyl (C=O) groups excluding carboxylic acids is 2. The van der Waals surface area contributed by atoms with Crippen molar-refractivity contribution in [1.29, 1.82) is 0 Å². The molecule has 2 atom stereocenters. The van der Waals surface area contributed by atoms with E-state index in [0.29, 0.717) is 6.54 Å². The molecule has 1 amide bonds. The number of amides is 1. The van der Waals surface area contributed by atoms with E-state index in [-0.39, 0.29) is 23.8 Å². The molecule has 1 heterocycles. The van der Waals surface area contributed by atoms with E-state index in [1.807, 2.05) is 0 Å². The van der Waals surface area contributed by atoms with E-state index >= 15 is 0 Å². The van der Waals surface area contributed by atoms with Gasteiger partial charge in [-0.2, -0.15) is 0 Å². The smallest absolute Gasteiger partial charge is 0.410 e. The fourth-order valence-electron chi connectivity index (χ4n) is 2.89. The molecule has 4 nitrogen and oxygen atoms in total. The highest BCUT2D eigenvalue weighted by Gasteiger charge is 2.40. The molecule has 0 aromatic heterocycles. The van der Waals surface area contributed by atoms with Gasteiger partial charge in [-0.15, -0.1) is 0 Å². The molecule has 0 radical (unpaired) electrons. The lowest BCUT2D eigenvalue weighted by molar-refractivity contribution is -0.132. The summed E-state index contributed by atoms with van der Waals surface area (Å²) in [7, 11) is 1.37. The summed E-state index contributed by atoms with van der Waals surface area (Å²) in [5.41, 5.74) is 0. The van der Waals surface area contributed by atoms with Gasteiger partial charge in [0.25, 0.3) is 0 Å². The highest BCUT2D eigenvalue weighted by atomic mass is 16.5. The molecule has 0 aliphatic carbocycles. The van der Waals surface area contributed by atoms with Gasteiger partial charge in [0.2, 0.25) is 0 Å². The van der Waals surface area contributed by atoms with E-state index in [9.17, 15) is 9.59 Å². The van der Waals surface area contributed by atoms with Crippen LogP contribution in [0.2, 0.25) is 0 Å². The molecular weight excluding hydrogens is 254 g/mol. The number of ether oxygens (including phenoxy) is 1. The van der Waals surface area contributed by atoms with Gasteiger partial charge < -0.3 is 4.74 Å². The summed E-state index contributed by atoms with van der Waals surface area (Å²) in [4.78, 5) is 25.7. The van der Waals surface area contributed by atoms with E-state index < -0.39 is 0 Å². The number of methoxy groups -OCH3 is 1. The Morgan fingerprint density at radius 1 is 1.15 bits per heavy atom. The number of likely N-dealkylation sites (tertiary alicyclic amines) is 1. The summed E-state index contributed by atoms with van der Waals surface area (Å²) in [6, 6.07) is -0.231. The van der Waals surface area contributed by atoms with Crippen LogP contribution >= 0.6 is 0 Å². The topological polar surface area (TPSA) is 46.6 Å². The zero-order valence-electron chi connectivity index (χ0n) is 13.2. The van der Waals surface area contributed by atoms with Crippen LogP contribution in [0.25, 0.3) is 0 Å². The van der Waals surface area contributed by atoms with Crippen molar-refractivity contribution in [3.8, 4) is 0 Å². The lowest BCUT2D eigenvalue weighted by Gasteiger charge is -2.40. The normalized spacial score (nSPS) is 19.4. The third kappa shape index (κ3) is 4.50. The predicted molar refractivity (Wildman–Crippen MR) is 79.7 cm³/mol. The number of hydrogen-bond acceptors (Lipinski definition) is 3. The van der Waals surface area contributed by atoms with Crippen LogP contribution in [0, 0.1) is 5.92 Å². The summed E-state index contributed by atoms with van der Waals surface area (Å²) < 4.78 is 4.72. The van der Waals surface area contributed by atoms with Crippen LogP contribution in [0.5, 0.6) is 0 Å². The fraction of sp³-hybridized carbons (Fsp3) is 0.875. The Labute approximate surface area is 122 Å². The quantitative estimate of drug-likeness (QED) is 0.605. The summed E-state index contributed by atoms with van der Waals surface area (Å²) >= 11 is 0. The lowest BCUT2D eigenvalue weighted by atomic mass is 9.84. The fourth-order valence-corrected chi connectivity index (χ4v) is 2.89. The third-order valence-electron chi connectivity index (χ3n) is 4.20. The van der Waals surface area contributed by atoms with Crippen molar-refractivity contribution in [2.75, 3.05) is 13.7 Å². The number of hydrogen-bond donors (Lipinski definition) is 0. The molecule has 0 bridgehead atoms. The molecule has 20 heavy (non-hydrogen) atoms. The van der Waals surface area contributed by atoms with Gasteiger partial charge in [-0.05, 0) is 19.3 Å². The molecule has 1 saturated heterocycles. The SMILES string of the molecule is CCCCCCC(CCC)C(=O)[C@@H]1CCN1C(=O)OC. The zero-order valence-corrected chi connectivity index (χ0v) is 13.2. The minimum absolute atomic E-state index is 0.120. The Morgan fingerprint density at radius 2 is 1.90 bits per heavy atom. The highest BCUT2D eigenvalue weighted by molar-refractivity contribution is 5.90. The lowest BCUT2D eigenvalue weighted by Crippen LogP contribution is -2.56. The summed E-state index contributed by atoms with van der Waals surface area (Å²) in [5.74, 6) is 0.370. The number of ketones is 1. The minimum atomic E-state index is -0.365. The molecule has 4 heteroatoms. The van der Waals surface area contributed by atoms with Crippen LogP contribution in [-0.4, -0.2) is 36.5 Å². The van der Waals surface area contributed by atoms with Gasteiger partial charge >= 0.3 is 6.09 Å². The van der Waals surface area contributed by atoms with Gasteiger partial charge in [0.1, 0.15) is 0 Å². The molecule has 0 aromatic carbocycles. The summed E-state index contributed by atoms with van der Waals surface area (Å²) in [5, 5.41) is 0. The van der Waals surface area contributed by atoms with Crippen LogP contribution < -0.4 is 0 Å². The van der Waals surface area contributed by atoms with E-state index in [2.05, 4.69) is 13.8 Å². The highest BCUT2D eigenvalue weighted by Crippen LogP contribution is 2.27. The Morgan fingerprint density at radius 3 is 2.40 bits per heavy atom. The van der Waals surface area contributed by atoms with Crippen molar-refractivity contribution in [3.05, 3.63) is 0 Å². The van der Waals surface area contributed by atoms with Crippen LogP contribution in [0.1, 0.15) is 65.2 Å². The summed E-state index contributed by atoms with van der Waals surface area (Å²) in [6.07, 6.45) is 8.14. The second-order valence-corrected chi connectivity index (χ2v) is 5.71. The largest absolute Gasteiger partial charge is 0.453 e. The van der Waals surface area contributed by atoms with Gasteiger partial charge in [0.05, 0.1) is 13.2 Å². The Kier molecular flexibility index (Phi) is 7.63. The minimum Gasteiger partial charge on any atom is -0.453 e. The molecule has 1 aliphatic heterocycles. The Hall–Kier alpha value is -1.06. The molecule has 116 valence electrons. The van der Waals surface area contributed by atoms with Gasteiger partial charge in [-0.25, -0.2) is 4.79 Å². The maximum absolute atomic E-state index is 12.6. The third-order valence-corrected chi connectivity index (χ3v) is 4.20. The molecule has 1 rings (SSSR count). The van der Waals surface area contributed by atoms with E-state index in [1.54, 1.807) is 4.90 Å². The van der Waals surface area contributed by atoms with Crippen molar-refractivity contribution in [1.82, 2.24) is 4.90 Å². The monoisotopic (exact) mass is 283 g/mol. The average Bonchev–Trinajstić information content (AvgIpc) is 2.40. The molecule has 0 aromatic rings. The first-order valence-electron chi connectivity index (χ1n) is 8.03. The van der Waals surface area contributed by atoms with E-state index in [1.165, 1.54) is 26.4 Å². The Balaban J connectivity index is 2.48. The molecule has 1 aliphatic rings. The van der Waals surface area contributed by atoms with E-state index in [4.69, 9.17) is 4.74 Å². The number of unbranched alkanes of at least 4 members (excludes halogenated alkanes) is 3. The van der Waals surface area contributed by atoms with Gasteiger partial charge in [-0.1, -0.05) is 46.0 Å². The van der Waals surface area contributed by atoms with Gasteiger partial charge in [-0.3, -0.25) is 9.69 Å². The van der Waals surface area contributed by atoms with Gasteiger partial charge in [0, 0.05) is 12.5 Å². The summed E-state index contributed by atoms with van der Waals surface area (Å²) in [6.45, 7) is 4.96. The van der Waals surface area contributed by atoms with Crippen LogP contribution in [0.3, 0.4) is 0 Å². The molecule has 0 N–H and O–H groups in total. The number of rotatable bonds is 9. The maximum Gasteiger partial charge on any atom is 0.410 e. The second-order valence-electron chi connectivity index (χ2n) is 5.71. The van der Waals surface area contributed by atoms with Crippen molar-refractivity contribution in [2.45, 2.75) is 71.3 Å². The zero-order chi connectivity index (χ0) is 15.0. The van der Waals surface area contributed by atoms with Crippen LogP contribution in [-0.2, 0) is 9.53 Å². The van der Waals surface area contributed by atoms with Crippen molar-refractivity contribution >= 4 is 11.9 Å². The Bertz CT molecular complexity index is 317. The second kappa shape index (κ2) is 8.98. The maximum atomic E-state index is 12.6. The van der Waals surface area contributed by atoms with Gasteiger partial charge in [0.15, 0.2) is 5.78 Å².